The van der Waals surface area contributed by atoms with Gasteiger partial charge in [-0.1, -0.05) is 0 Å². The van der Waals surface area contributed by atoms with Gasteiger partial charge in [0, 0.05) is 25.0 Å². The molecule has 1 aliphatic rings. The van der Waals surface area contributed by atoms with E-state index in [0.29, 0.717) is 13.0 Å². The lowest BCUT2D eigenvalue weighted by molar-refractivity contribution is -0.129. The number of likely N-dealkylation sites (tertiary alicyclic amines) is 1. The van der Waals surface area contributed by atoms with Crippen LogP contribution < -0.4 is 10.6 Å². The predicted octanol–water partition coefficient (Wildman–Crippen LogP) is 0.703. The molecule has 92 valence electrons. The Bertz CT molecular complexity index is 276. The van der Waals surface area contributed by atoms with Gasteiger partial charge in [-0.3, -0.25) is 4.79 Å². The number of rotatable bonds is 3. The van der Waals surface area contributed by atoms with Crippen LogP contribution in [0.1, 0.15) is 34.1 Å². The zero-order valence-corrected chi connectivity index (χ0v) is 10.4. The summed E-state index contributed by atoms with van der Waals surface area (Å²) in [5, 5.41) is 5.56. The molecule has 0 radical (unpaired) electrons. The van der Waals surface area contributed by atoms with Gasteiger partial charge < -0.3 is 15.5 Å². The third-order valence-corrected chi connectivity index (χ3v) is 2.54. The highest BCUT2D eigenvalue weighted by atomic mass is 16.2. The Balaban J connectivity index is 2.41. The topological polar surface area (TPSA) is 61.4 Å². The second-order valence-corrected chi connectivity index (χ2v) is 4.81. The van der Waals surface area contributed by atoms with E-state index in [1.807, 2.05) is 27.7 Å². The fourth-order valence-electron chi connectivity index (χ4n) is 1.82. The van der Waals surface area contributed by atoms with Crippen molar-refractivity contribution in [3.8, 4) is 0 Å². The molecule has 5 nitrogen and oxygen atoms in total. The van der Waals surface area contributed by atoms with E-state index in [9.17, 15) is 9.59 Å². The van der Waals surface area contributed by atoms with Crippen molar-refractivity contribution in [2.24, 2.45) is 0 Å². The largest absolute Gasteiger partial charge is 0.338 e. The van der Waals surface area contributed by atoms with E-state index in [2.05, 4.69) is 10.6 Å². The van der Waals surface area contributed by atoms with Crippen LogP contribution in [0.2, 0.25) is 0 Å². The van der Waals surface area contributed by atoms with Crippen LogP contribution in [-0.4, -0.2) is 41.5 Å². The van der Waals surface area contributed by atoms with E-state index in [0.717, 1.165) is 0 Å². The number of nitrogens with one attached hydrogen (secondary N) is 2. The number of urea groups is 1. The lowest BCUT2D eigenvalue weighted by Gasteiger charge is -2.21. The Morgan fingerprint density at radius 2 is 2.00 bits per heavy atom. The molecule has 0 unspecified atom stereocenters. The number of amides is 3. The molecule has 2 N–H and O–H groups in total. The summed E-state index contributed by atoms with van der Waals surface area (Å²) in [5.74, 6) is 0.116. The molecule has 1 rings (SSSR count). The monoisotopic (exact) mass is 227 g/mol. The molecule has 0 aromatic rings. The lowest BCUT2D eigenvalue weighted by atomic mass is 10.2. The van der Waals surface area contributed by atoms with Crippen LogP contribution in [0, 0.1) is 0 Å². The van der Waals surface area contributed by atoms with Crippen molar-refractivity contribution in [2.75, 3.05) is 6.54 Å². The van der Waals surface area contributed by atoms with Gasteiger partial charge >= 0.3 is 6.03 Å². The maximum atomic E-state index is 11.6. The summed E-state index contributed by atoms with van der Waals surface area (Å²) in [5.41, 5.74) is 0. The highest BCUT2D eigenvalue weighted by Gasteiger charge is 2.31. The summed E-state index contributed by atoms with van der Waals surface area (Å²) in [7, 11) is 0. The smallest absolute Gasteiger partial charge is 0.315 e. The molecule has 5 heteroatoms. The van der Waals surface area contributed by atoms with Gasteiger partial charge in [0.25, 0.3) is 0 Å². The summed E-state index contributed by atoms with van der Waals surface area (Å²) in [6.45, 7) is 8.38. The van der Waals surface area contributed by atoms with Gasteiger partial charge in [-0.25, -0.2) is 4.79 Å². The fraction of sp³-hybridized carbons (Fsp3) is 0.818. The normalized spacial score (nSPS) is 20.8. The quantitative estimate of drug-likeness (QED) is 0.745. The standard InChI is InChI=1S/C11H21N3O2/c1-7(2)12-11(16)13-9-5-10(15)14(6-9)8(3)4/h7-9H,5-6H2,1-4H3,(H2,12,13,16)/t9-/m0/s1. The van der Waals surface area contributed by atoms with E-state index in [4.69, 9.17) is 0 Å². The molecule has 0 aliphatic carbocycles. The molecule has 3 amide bonds. The Morgan fingerprint density at radius 1 is 1.38 bits per heavy atom. The molecule has 0 saturated carbocycles. The molecule has 0 aromatic heterocycles. The summed E-state index contributed by atoms with van der Waals surface area (Å²) >= 11 is 0. The van der Waals surface area contributed by atoms with Gasteiger partial charge in [0.15, 0.2) is 0 Å². The van der Waals surface area contributed by atoms with Crippen LogP contribution in [0.15, 0.2) is 0 Å². The first kappa shape index (κ1) is 12.8. The highest BCUT2D eigenvalue weighted by molar-refractivity contribution is 5.81. The van der Waals surface area contributed by atoms with E-state index in [1.165, 1.54) is 0 Å². The summed E-state index contributed by atoms with van der Waals surface area (Å²) in [6, 6.07) is 0.0535. The Kier molecular flexibility index (Phi) is 4.15. The van der Waals surface area contributed by atoms with Crippen molar-refractivity contribution in [3.05, 3.63) is 0 Å². The van der Waals surface area contributed by atoms with Crippen LogP contribution in [0.4, 0.5) is 4.79 Å². The number of hydrogen-bond donors (Lipinski definition) is 2. The molecule has 16 heavy (non-hydrogen) atoms. The van der Waals surface area contributed by atoms with Gasteiger partial charge in [-0.2, -0.15) is 0 Å². The van der Waals surface area contributed by atoms with Gasteiger partial charge in [-0.15, -0.1) is 0 Å². The molecule has 0 aromatic carbocycles. The van der Waals surface area contributed by atoms with Crippen LogP contribution >= 0.6 is 0 Å². The number of carbonyl (C=O) groups excluding carboxylic acids is 2. The number of nitrogens with zero attached hydrogens (tertiary/aromatic N) is 1. The van der Waals surface area contributed by atoms with Crippen molar-refractivity contribution in [2.45, 2.75) is 52.2 Å². The number of hydrogen-bond acceptors (Lipinski definition) is 2. The van der Waals surface area contributed by atoms with Gasteiger partial charge in [0.2, 0.25) is 5.91 Å². The maximum absolute atomic E-state index is 11.6. The zero-order chi connectivity index (χ0) is 12.3. The minimum atomic E-state index is -0.196. The second-order valence-electron chi connectivity index (χ2n) is 4.81. The maximum Gasteiger partial charge on any atom is 0.315 e. The van der Waals surface area contributed by atoms with Crippen molar-refractivity contribution < 1.29 is 9.59 Å². The Hall–Kier alpha value is -1.26. The minimum Gasteiger partial charge on any atom is -0.338 e. The zero-order valence-electron chi connectivity index (χ0n) is 10.4. The van der Waals surface area contributed by atoms with Crippen LogP contribution in [0.25, 0.3) is 0 Å². The van der Waals surface area contributed by atoms with E-state index >= 15 is 0 Å². The van der Waals surface area contributed by atoms with Gasteiger partial charge in [0.1, 0.15) is 0 Å². The Morgan fingerprint density at radius 3 is 2.44 bits per heavy atom. The average molecular weight is 227 g/mol. The first-order chi connectivity index (χ1) is 7.40. The molecular formula is C11H21N3O2. The molecule has 1 saturated heterocycles. The first-order valence-corrected chi connectivity index (χ1v) is 5.76. The van der Waals surface area contributed by atoms with Crippen molar-refractivity contribution in [1.82, 2.24) is 15.5 Å². The third-order valence-electron chi connectivity index (χ3n) is 2.54. The van der Waals surface area contributed by atoms with E-state index < -0.39 is 0 Å². The average Bonchev–Trinajstić information content (AvgIpc) is 2.44. The summed E-state index contributed by atoms with van der Waals surface area (Å²) < 4.78 is 0. The van der Waals surface area contributed by atoms with Gasteiger partial charge in [0.05, 0.1) is 6.04 Å². The second kappa shape index (κ2) is 5.18. The predicted molar refractivity (Wildman–Crippen MR) is 62.1 cm³/mol. The van der Waals surface area contributed by atoms with Crippen LogP contribution in [0.3, 0.4) is 0 Å². The molecule has 1 fully saturated rings. The minimum absolute atomic E-state index is 0.0614. The molecule has 1 atom stereocenters. The van der Waals surface area contributed by atoms with Crippen LogP contribution in [0.5, 0.6) is 0 Å². The van der Waals surface area contributed by atoms with E-state index in [-0.39, 0.29) is 30.1 Å². The number of carbonyl (C=O) groups is 2. The van der Waals surface area contributed by atoms with Crippen LogP contribution in [-0.2, 0) is 4.79 Å². The third kappa shape index (κ3) is 3.40. The molecular weight excluding hydrogens is 206 g/mol. The SMILES string of the molecule is CC(C)NC(=O)N[C@H]1CC(=O)N(C(C)C)C1. The van der Waals surface area contributed by atoms with E-state index in [1.54, 1.807) is 4.90 Å². The summed E-state index contributed by atoms with van der Waals surface area (Å²) in [6.07, 6.45) is 0.406. The van der Waals surface area contributed by atoms with Crippen molar-refractivity contribution >= 4 is 11.9 Å². The molecule has 0 bridgehead atoms. The highest BCUT2D eigenvalue weighted by Crippen LogP contribution is 2.13. The first-order valence-electron chi connectivity index (χ1n) is 5.76. The molecule has 1 aliphatic heterocycles. The molecule has 0 spiro atoms. The molecule has 1 heterocycles. The summed E-state index contributed by atoms with van der Waals surface area (Å²) in [4.78, 5) is 24.8. The fourth-order valence-corrected chi connectivity index (χ4v) is 1.82. The lowest BCUT2D eigenvalue weighted by Crippen LogP contribution is -2.46. The Labute approximate surface area is 96.6 Å². The van der Waals surface area contributed by atoms with Crippen molar-refractivity contribution in [3.63, 3.8) is 0 Å². The van der Waals surface area contributed by atoms with Gasteiger partial charge in [-0.05, 0) is 27.7 Å². The van der Waals surface area contributed by atoms with Crippen molar-refractivity contribution in [1.29, 1.82) is 0 Å².